The number of fused-ring (bicyclic) bond motifs is 2. The normalized spacial score (nSPS) is 12.6. The van der Waals surface area contributed by atoms with Gasteiger partial charge >= 0.3 is 0 Å². The molecular weight excluding hydrogens is 428 g/mol. The van der Waals surface area contributed by atoms with Crippen LogP contribution in [-0.2, 0) is 11.3 Å². The number of para-hydroxylation sites is 1. The Morgan fingerprint density at radius 2 is 1.65 bits per heavy atom. The van der Waals surface area contributed by atoms with Crippen LogP contribution in [0.15, 0.2) is 66.7 Å². The molecule has 0 fully saturated rings. The number of hydrogen-bond acceptors (Lipinski definition) is 4. The van der Waals surface area contributed by atoms with E-state index in [1.807, 2.05) is 67.9 Å². The molecule has 0 saturated carbocycles. The quantitative estimate of drug-likeness (QED) is 0.395. The molecule has 0 aliphatic rings. The summed E-state index contributed by atoms with van der Waals surface area (Å²) in [7, 11) is 0. The van der Waals surface area contributed by atoms with Crippen LogP contribution in [0.4, 0.5) is 0 Å². The van der Waals surface area contributed by atoms with E-state index >= 15 is 0 Å². The first-order chi connectivity index (χ1) is 16.3. The second kappa shape index (κ2) is 9.65. The van der Waals surface area contributed by atoms with E-state index in [1.165, 1.54) is 0 Å². The first kappa shape index (κ1) is 23.4. The van der Waals surface area contributed by atoms with Gasteiger partial charge in [-0.25, -0.2) is 0 Å². The fourth-order valence-corrected chi connectivity index (χ4v) is 4.16. The van der Waals surface area contributed by atoms with Crippen molar-refractivity contribution >= 4 is 33.5 Å². The number of aliphatic hydroxyl groups is 1. The summed E-state index contributed by atoms with van der Waals surface area (Å²) in [4.78, 5) is 26.0. The number of nitrogens with zero attached hydrogens (tertiary/aromatic N) is 2. The second-order valence-electron chi connectivity index (χ2n) is 9.45. The number of rotatable bonds is 7. The van der Waals surface area contributed by atoms with Gasteiger partial charge in [0.2, 0.25) is 5.91 Å². The predicted octanol–water partition coefficient (Wildman–Crippen LogP) is 3.49. The largest absolute Gasteiger partial charge is 0.395 e. The van der Waals surface area contributed by atoms with E-state index in [-0.39, 0.29) is 24.8 Å². The van der Waals surface area contributed by atoms with Gasteiger partial charge < -0.3 is 15.7 Å². The molecular formula is C27H30N4O3. The smallest absolute Gasteiger partial charge is 0.273 e. The summed E-state index contributed by atoms with van der Waals surface area (Å²) in [6.45, 7) is 6.12. The summed E-state index contributed by atoms with van der Waals surface area (Å²) in [5.41, 5.74) is 1.70. The molecule has 0 aliphatic heterocycles. The first-order valence-electron chi connectivity index (χ1n) is 11.4. The molecule has 3 N–H and O–H groups in total. The van der Waals surface area contributed by atoms with E-state index in [2.05, 4.69) is 40.0 Å². The fraction of sp³-hybridized carbons (Fsp3) is 0.296. The van der Waals surface area contributed by atoms with E-state index in [4.69, 9.17) is 5.11 Å². The third-order valence-electron chi connectivity index (χ3n) is 5.89. The van der Waals surface area contributed by atoms with Crippen LogP contribution in [0, 0.1) is 5.41 Å². The lowest BCUT2D eigenvalue weighted by Gasteiger charge is -2.30. The van der Waals surface area contributed by atoms with Crippen LogP contribution in [0.5, 0.6) is 0 Å². The number of aliphatic hydroxyl groups excluding tert-OH is 1. The minimum absolute atomic E-state index is 0.129. The van der Waals surface area contributed by atoms with Crippen LogP contribution < -0.4 is 10.6 Å². The third-order valence-corrected chi connectivity index (χ3v) is 5.89. The second-order valence-corrected chi connectivity index (χ2v) is 9.45. The molecule has 0 aliphatic carbocycles. The average molecular weight is 459 g/mol. The summed E-state index contributed by atoms with van der Waals surface area (Å²) in [5.74, 6) is -0.749. The zero-order valence-corrected chi connectivity index (χ0v) is 19.7. The molecule has 0 spiro atoms. The summed E-state index contributed by atoms with van der Waals surface area (Å²) in [6.07, 6.45) is 0. The lowest BCUT2D eigenvalue weighted by molar-refractivity contribution is -0.125. The Morgan fingerprint density at radius 3 is 2.38 bits per heavy atom. The van der Waals surface area contributed by atoms with Crippen LogP contribution >= 0.6 is 0 Å². The van der Waals surface area contributed by atoms with Gasteiger partial charge in [-0.3, -0.25) is 14.3 Å². The molecule has 176 valence electrons. The van der Waals surface area contributed by atoms with Crippen molar-refractivity contribution in [2.24, 2.45) is 5.41 Å². The third kappa shape index (κ3) is 4.79. The summed E-state index contributed by atoms with van der Waals surface area (Å²) in [6, 6.07) is 21.2. The lowest BCUT2D eigenvalue weighted by atomic mass is 9.86. The molecule has 4 rings (SSSR count). The van der Waals surface area contributed by atoms with Gasteiger partial charge in [0.25, 0.3) is 5.91 Å². The monoisotopic (exact) mass is 458 g/mol. The van der Waals surface area contributed by atoms with E-state index in [1.54, 1.807) is 0 Å². The minimum atomic E-state index is -0.784. The van der Waals surface area contributed by atoms with Crippen LogP contribution in [0.25, 0.3) is 21.7 Å². The van der Waals surface area contributed by atoms with Crippen LogP contribution in [0.1, 0.15) is 36.8 Å². The minimum Gasteiger partial charge on any atom is -0.395 e. The molecule has 1 aromatic heterocycles. The average Bonchev–Trinajstić information content (AvgIpc) is 3.19. The van der Waals surface area contributed by atoms with Gasteiger partial charge in [0.1, 0.15) is 6.04 Å². The molecule has 2 amide bonds. The highest BCUT2D eigenvalue weighted by atomic mass is 16.3. The van der Waals surface area contributed by atoms with Crippen molar-refractivity contribution in [3.05, 3.63) is 78.0 Å². The molecule has 7 heteroatoms. The Hall–Kier alpha value is -3.71. The Labute approximate surface area is 198 Å². The molecule has 0 unspecified atom stereocenters. The predicted molar refractivity (Wildman–Crippen MR) is 134 cm³/mol. The van der Waals surface area contributed by atoms with Gasteiger partial charge in [-0.2, -0.15) is 5.10 Å². The van der Waals surface area contributed by atoms with Crippen LogP contribution in [-0.4, -0.2) is 45.9 Å². The molecule has 3 aromatic carbocycles. The zero-order valence-electron chi connectivity index (χ0n) is 19.7. The number of amides is 2. The highest BCUT2D eigenvalue weighted by Crippen LogP contribution is 2.25. The van der Waals surface area contributed by atoms with Crippen molar-refractivity contribution in [1.82, 2.24) is 20.4 Å². The van der Waals surface area contributed by atoms with E-state index in [0.29, 0.717) is 6.54 Å². The maximum atomic E-state index is 13.4. The Morgan fingerprint density at radius 1 is 0.971 bits per heavy atom. The molecule has 0 bridgehead atoms. The van der Waals surface area contributed by atoms with Gasteiger partial charge in [0.15, 0.2) is 5.69 Å². The van der Waals surface area contributed by atoms with Gasteiger partial charge in [0, 0.05) is 11.9 Å². The maximum Gasteiger partial charge on any atom is 0.273 e. The van der Waals surface area contributed by atoms with Gasteiger partial charge in [-0.05, 0) is 27.8 Å². The number of benzene rings is 3. The maximum absolute atomic E-state index is 13.4. The standard InChI is InChI=1S/C27H30N4O3/c1-27(2,3)24(26(34)28-15-16-32)29-25(33)23-21-13-6-7-14-22(21)31(30-23)17-19-11-8-10-18-9-4-5-12-20(18)19/h4-14,24,32H,15-17H2,1-3H3,(H,28,34)(H,29,33)/t24-/m1/s1. The van der Waals surface area contributed by atoms with Crippen LogP contribution in [0.2, 0.25) is 0 Å². The number of carbonyl (C=O) groups is 2. The summed E-state index contributed by atoms with van der Waals surface area (Å²) >= 11 is 0. The molecule has 1 heterocycles. The number of nitrogens with one attached hydrogen (secondary N) is 2. The Balaban J connectivity index is 1.68. The van der Waals surface area contributed by atoms with Crippen molar-refractivity contribution in [3.8, 4) is 0 Å². The van der Waals surface area contributed by atoms with Crippen molar-refractivity contribution in [2.45, 2.75) is 33.4 Å². The number of carbonyl (C=O) groups excluding carboxylic acids is 2. The summed E-state index contributed by atoms with van der Waals surface area (Å²) < 4.78 is 1.84. The van der Waals surface area contributed by atoms with E-state index < -0.39 is 17.4 Å². The van der Waals surface area contributed by atoms with Crippen LogP contribution in [0.3, 0.4) is 0 Å². The molecule has 1 atom stereocenters. The molecule has 0 saturated heterocycles. The van der Waals surface area contributed by atoms with E-state index in [0.717, 1.165) is 27.2 Å². The lowest BCUT2D eigenvalue weighted by Crippen LogP contribution is -2.54. The topological polar surface area (TPSA) is 96.2 Å². The SMILES string of the molecule is CC(C)(C)[C@H](NC(=O)c1nn(Cc2cccc3ccccc23)c2ccccc12)C(=O)NCCO. The summed E-state index contributed by atoms with van der Waals surface area (Å²) in [5, 5.41) is 22.3. The molecule has 0 radical (unpaired) electrons. The van der Waals surface area contributed by atoms with Gasteiger partial charge in [0.05, 0.1) is 18.7 Å². The van der Waals surface area contributed by atoms with Gasteiger partial charge in [-0.15, -0.1) is 0 Å². The fourth-order valence-electron chi connectivity index (χ4n) is 4.16. The molecule has 34 heavy (non-hydrogen) atoms. The zero-order chi connectivity index (χ0) is 24.3. The van der Waals surface area contributed by atoms with Gasteiger partial charge in [-0.1, -0.05) is 81.4 Å². The molecule has 7 nitrogen and oxygen atoms in total. The van der Waals surface area contributed by atoms with Crippen molar-refractivity contribution in [3.63, 3.8) is 0 Å². The van der Waals surface area contributed by atoms with E-state index in [9.17, 15) is 9.59 Å². The van der Waals surface area contributed by atoms with Crippen molar-refractivity contribution in [1.29, 1.82) is 0 Å². The molecule has 4 aromatic rings. The highest BCUT2D eigenvalue weighted by Gasteiger charge is 2.33. The highest BCUT2D eigenvalue weighted by molar-refractivity contribution is 6.06. The number of aromatic nitrogens is 2. The first-order valence-corrected chi connectivity index (χ1v) is 11.4. The Kier molecular flexibility index (Phi) is 6.65. The number of hydrogen-bond donors (Lipinski definition) is 3. The van der Waals surface area contributed by atoms with Crippen molar-refractivity contribution in [2.75, 3.05) is 13.2 Å². The van der Waals surface area contributed by atoms with Crippen molar-refractivity contribution < 1.29 is 14.7 Å². The Bertz CT molecular complexity index is 1330.